The van der Waals surface area contributed by atoms with Crippen molar-refractivity contribution < 1.29 is 4.74 Å². The molecule has 1 aliphatic heterocycles. The number of aromatic nitrogens is 1. The van der Waals surface area contributed by atoms with Gasteiger partial charge in [0.15, 0.2) is 0 Å². The van der Waals surface area contributed by atoms with Crippen molar-refractivity contribution in [1.29, 1.82) is 0 Å². The molecule has 0 atom stereocenters. The van der Waals surface area contributed by atoms with Crippen molar-refractivity contribution in [2.45, 2.75) is 6.42 Å². The second-order valence-electron chi connectivity index (χ2n) is 6.09. The molecule has 118 valence electrons. The monoisotopic (exact) mass is 306 g/mol. The molecular formula is C20H22N2O. The van der Waals surface area contributed by atoms with Crippen molar-refractivity contribution in [3.63, 3.8) is 0 Å². The van der Waals surface area contributed by atoms with E-state index in [1.807, 2.05) is 0 Å². The number of hydrogen-bond donors (Lipinski definition) is 1. The second kappa shape index (κ2) is 6.57. The predicted molar refractivity (Wildman–Crippen MR) is 94.7 cm³/mol. The lowest BCUT2D eigenvalue weighted by atomic mass is 10.0. The minimum atomic E-state index is 0.861. The van der Waals surface area contributed by atoms with Crippen LogP contribution in [0.3, 0.4) is 0 Å². The standard InChI is InChI=1S/C20H22N2O/c1-2-6-16(7-3-1)20-18(10-11-22-12-14-23-15-13-22)17-8-4-5-9-19(17)21-20/h1-9,21H,10-15H2. The Bertz CT molecular complexity index is 773. The first-order valence-electron chi connectivity index (χ1n) is 8.37. The number of para-hydroxylation sites is 1. The molecule has 1 N–H and O–H groups in total. The van der Waals surface area contributed by atoms with Crippen LogP contribution < -0.4 is 0 Å². The first kappa shape index (κ1) is 14.5. The number of nitrogens with zero attached hydrogens (tertiary/aromatic N) is 1. The number of morpholine rings is 1. The molecule has 0 radical (unpaired) electrons. The molecule has 3 nitrogen and oxygen atoms in total. The molecule has 1 aromatic heterocycles. The summed E-state index contributed by atoms with van der Waals surface area (Å²) in [6, 6.07) is 19.3. The minimum absolute atomic E-state index is 0.861. The summed E-state index contributed by atoms with van der Waals surface area (Å²) in [5.74, 6) is 0. The number of benzene rings is 2. The summed E-state index contributed by atoms with van der Waals surface area (Å²) >= 11 is 0. The van der Waals surface area contributed by atoms with E-state index in [2.05, 4.69) is 64.5 Å². The van der Waals surface area contributed by atoms with Crippen LogP contribution in [0.25, 0.3) is 22.2 Å². The van der Waals surface area contributed by atoms with Gasteiger partial charge in [-0.15, -0.1) is 0 Å². The number of fused-ring (bicyclic) bond motifs is 1. The Morgan fingerprint density at radius 1 is 0.913 bits per heavy atom. The Labute approximate surface area is 136 Å². The molecule has 0 aliphatic carbocycles. The van der Waals surface area contributed by atoms with Gasteiger partial charge in [-0.1, -0.05) is 48.5 Å². The maximum absolute atomic E-state index is 5.45. The minimum Gasteiger partial charge on any atom is -0.379 e. The maximum atomic E-state index is 5.45. The summed E-state index contributed by atoms with van der Waals surface area (Å²) in [5.41, 5.74) is 5.18. The maximum Gasteiger partial charge on any atom is 0.0594 e. The fourth-order valence-corrected chi connectivity index (χ4v) is 3.41. The number of ether oxygens (including phenoxy) is 1. The zero-order valence-electron chi connectivity index (χ0n) is 13.3. The van der Waals surface area contributed by atoms with E-state index < -0.39 is 0 Å². The third kappa shape index (κ3) is 3.03. The van der Waals surface area contributed by atoms with Gasteiger partial charge in [0.2, 0.25) is 0 Å². The van der Waals surface area contributed by atoms with Crippen molar-refractivity contribution in [2.24, 2.45) is 0 Å². The highest BCUT2D eigenvalue weighted by Gasteiger charge is 2.15. The molecule has 0 bridgehead atoms. The van der Waals surface area contributed by atoms with E-state index >= 15 is 0 Å². The summed E-state index contributed by atoms with van der Waals surface area (Å²) in [6.07, 6.45) is 1.06. The van der Waals surface area contributed by atoms with Gasteiger partial charge in [-0.3, -0.25) is 4.90 Å². The highest BCUT2D eigenvalue weighted by Crippen LogP contribution is 2.30. The zero-order valence-corrected chi connectivity index (χ0v) is 13.3. The van der Waals surface area contributed by atoms with Gasteiger partial charge in [0.25, 0.3) is 0 Å². The Balaban J connectivity index is 1.68. The van der Waals surface area contributed by atoms with Gasteiger partial charge in [-0.05, 0) is 23.6 Å². The van der Waals surface area contributed by atoms with E-state index in [-0.39, 0.29) is 0 Å². The Kier molecular flexibility index (Phi) is 4.14. The summed E-state index contributed by atoms with van der Waals surface area (Å²) in [7, 11) is 0. The summed E-state index contributed by atoms with van der Waals surface area (Å²) < 4.78 is 5.45. The van der Waals surface area contributed by atoms with Crippen LogP contribution in [-0.4, -0.2) is 42.7 Å². The zero-order chi connectivity index (χ0) is 15.5. The molecule has 0 amide bonds. The average molecular weight is 306 g/mol. The topological polar surface area (TPSA) is 28.3 Å². The van der Waals surface area contributed by atoms with Crippen molar-refractivity contribution in [1.82, 2.24) is 9.88 Å². The van der Waals surface area contributed by atoms with Crippen molar-refractivity contribution >= 4 is 10.9 Å². The van der Waals surface area contributed by atoms with Gasteiger partial charge in [-0.2, -0.15) is 0 Å². The first-order chi connectivity index (χ1) is 11.4. The molecule has 2 aromatic carbocycles. The van der Waals surface area contributed by atoms with Crippen molar-refractivity contribution in [2.75, 3.05) is 32.8 Å². The summed E-state index contributed by atoms with van der Waals surface area (Å²) in [4.78, 5) is 6.13. The van der Waals surface area contributed by atoms with Crippen LogP contribution in [0.15, 0.2) is 54.6 Å². The third-order valence-corrected chi connectivity index (χ3v) is 4.66. The van der Waals surface area contributed by atoms with Crippen LogP contribution in [-0.2, 0) is 11.2 Å². The number of rotatable bonds is 4. The van der Waals surface area contributed by atoms with Gasteiger partial charge in [0.1, 0.15) is 0 Å². The molecule has 1 fully saturated rings. The lowest BCUT2D eigenvalue weighted by molar-refractivity contribution is 0.0385. The molecule has 3 heteroatoms. The number of aromatic amines is 1. The molecular weight excluding hydrogens is 284 g/mol. The van der Waals surface area contributed by atoms with Crippen LogP contribution in [0, 0.1) is 0 Å². The second-order valence-corrected chi connectivity index (χ2v) is 6.09. The largest absolute Gasteiger partial charge is 0.379 e. The lowest BCUT2D eigenvalue weighted by Crippen LogP contribution is -2.37. The van der Waals surface area contributed by atoms with Crippen molar-refractivity contribution in [3.05, 3.63) is 60.2 Å². The van der Waals surface area contributed by atoms with Crippen LogP contribution in [0.1, 0.15) is 5.56 Å². The van der Waals surface area contributed by atoms with E-state index in [1.165, 1.54) is 27.7 Å². The van der Waals surface area contributed by atoms with Gasteiger partial charge in [0, 0.05) is 36.2 Å². The molecule has 1 aliphatic rings. The Morgan fingerprint density at radius 3 is 2.48 bits per heavy atom. The molecule has 23 heavy (non-hydrogen) atoms. The van der Waals surface area contributed by atoms with E-state index in [9.17, 15) is 0 Å². The quantitative estimate of drug-likeness (QED) is 0.796. The number of H-pyrrole nitrogens is 1. The average Bonchev–Trinajstić information content (AvgIpc) is 3.00. The van der Waals surface area contributed by atoms with Crippen LogP contribution in [0.2, 0.25) is 0 Å². The van der Waals surface area contributed by atoms with Crippen LogP contribution in [0.5, 0.6) is 0 Å². The molecule has 2 heterocycles. The van der Waals surface area contributed by atoms with E-state index in [0.717, 1.165) is 39.3 Å². The van der Waals surface area contributed by atoms with Gasteiger partial charge in [0.05, 0.1) is 13.2 Å². The highest BCUT2D eigenvalue weighted by atomic mass is 16.5. The SMILES string of the molecule is c1ccc(-c2[nH]c3ccccc3c2CCN2CCOCC2)cc1. The Hall–Kier alpha value is -2.10. The van der Waals surface area contributed by atoms with E-state index in [4.69, 9.17) is 4.74 Å². The molecule has 3 aromatic rings. The molecule has 4 rings (SSSR count). The highest BCUT2D eigenvalue weighted by molar-refractivity contribution is 5.90. The first-order valence-corrected chi connectivity index (χ1v) is 8.37. The number of nitrogens with one attached hydrogen (secondary N) is 1. The van der Waals surface area contributed by atoms with Crippen LogP contribution in [0.4, 0.5) is 0 Å². The number of hydrogen-bond acceptors (Lipinski definition) is 2. The molecule has 0 unspecified atom stereocenters. The smallest absolute Gasteiger partial charge is 0.0594 e. The molecule has 1 saturated heterocycles. The summed E-state index contributed by atoms with van der Waals surface area (Å²) in [5, 5.41) is 1.35. The van der Waals surface area contributed by atoms with E-state index in [1.54, 1.807) is 0 Å². The predicted octanol–water partition coefficient (Wildman–Crippen LogP) is 3.71. The molecule has 0 saturated carbocycles. The Morgan fingerprint density at radius 2 is 1.65 bits per heavy atom. The van der Waals surface area contributed by atoms with Gasteiger partial charge in [-0.25, -0.2) is 0 Å². The third-order valence-electron chi connectivity index (χ3n) is 4.66. The fraction of sp³-hybridized carbons (Fsp3) is 0.300. The normalized spacial score (nSPS) is 16.0. The lowest BCUT2D eigenvalue weighted by Gasteiger charge is -2.26. The van der Waals surface area contributed by atoms with Gasteiger partial charge >= 0.3 is 0 Å². The summed E-state index contributed by atoms with van der Waals surface area (Å²) in [6.45, 7) is 4.90. The molecule has 0 spiro atoms. The van der Waals surface area contributed by atoms with E-state index in [0.29, 0.717) is 0 Å². The van der Waals surface area contributed by atoms with Crippen LogP contribution >= 0.6 is 0 Å². The van der Waals surface area contributed by atoms with Crippen molar-refractivity contribution in [3.8, 4) is 11.3 Å². The fourth-order valence-electron chi connectivity index (χ4n) is 3.41. The van der Waals surface area contributed by atoms with Gasteiger partial charge < -0.3 is 9.72 Å².